The zero-order valence-electron chi connectivity index (χ0n) is 16.2. The molecule has 10 nitrogen and oxygen atoms in total. The van der Waals surface area contributed by atoms with Gasteiger partial charge in [-0.25, -0.2) is 0 Å². The Morgan fingerprint density at radius 1 is 1.16 bits per heavy atom. The fraction of sp³-hybridized carbons (Fsp3) is 0.286. The molecule has 0 saturated heterocycles. The summed E-state index contributed by atoms with van der Waals surface area (Å²) in [4.78, 5) is 49.9. The number of nitrogens with zero attached hydrogens (tertiary/aromatic N) is 1. The van der Waals surface area contributed by atoms with E-state index in [1.54, 1.807) is 0 Å². The topological polar surface area (TPSA) is 171 Å². The molecule has 4 N–H and O–H groups in total. The van der Waals surface area contributed by atoms with E-state index in [1.165, 1.54) is 25.3 Å². The first-order valence-corrected chi connectivity index (χ1v) is 9.26. The molecule has 2 aliphatic rings. The van der Waals surface area contributed by atoms with Crippen molar-refractivity contribution in [3.05, 3.63) is 56.5 Å². The van der Waals surface area contributed by atoms with Crippen molar-refractivity contribution in [3.63, 3.8) is 0 Å². The summed E-state index contributed by atoms with van der Waals surface area (Å²) in [6.07, 6.45) is -1.16. The normalized spacial score (nSPS) is 21.7. The number of carbonyl (C=O) groups is 3. The van der Waals surface area contributed by atoms with Crippen molar-refractivity contribution >= 4 is 17.3 Å². The molecule has 0 bridgehead atoms. The van der Waals surface area contributed by atoms with E-state index in [2.05, 4.69) is 5.18 Å². The van der Waals surface area contributed by atoms with Gasteiger partial charge in [-0.2, -0.15) is 4.91 Å². The van der Waals surface area contributed by atoms with Crippen LogP contribution in [0.5, 0.6) is 17.2 Å². The first kappa shape index (κ1) is 20.6. The molecule has 10 heteroatoms. The van der Waals surface area contributed by atoms with Crippen molar-refractivity contribution in [2.45, 2.75) is 24.5 Å². The van der Waals surface area contributed by atoms with Gasteiger partial charge >= 0.3 is 0 Å². The van der Waals surface area contributed by atoms with Gasteiger partial charge in [-0.1, -0.05) is 17.3 Å². The van der Waals surface area contributed by atoms with Crippen LogP contribution in [0.2, 0.25) is 0 Å². The average molecular weight is 427 g/mol. The number of hydrogen-bond acceptors (Lipinski definition) is 10. The third-order valence-electron chi connectivity index (χ3n) is 5.89. The Hall–Kier alpha value is -3.63. The first-order chi connectivity index (χ1) is 14.7. The van der Waals surface area contributed by atoms with Crippen LogP contribution < -0.4 is 4.74 Å². The van der Waals surface area contributed by atoms with E-state index >= 15 is 0 Å². The van der Waals surface area contributed by atoms with Crippen LogP contribution in [0.25, 0.3) is 0 Å². The van der Waals surface area contributed by atoms with Crippen molar-refractivity contribution < 1.29 is 39.5 Å². The fourth-order valence-electron chi connectivity index (χ4n) is 4.39. The molecule has 2 atom stereocenters. The minimum absolute atomic E-state index is 0.0610. The van der Waals surface area contributed by atoms with Crippen LogP contribution in [0.4, 0.5) is 0 Å². The zero-order chi connectivity index (χ0) is 22.7. The number of methoxy groups -OCH3 is 1. The van der Waals surface area contributed by atoms with Crippen LogP contribution in [-0.4, -0.2) is 57.1 Å². The largest absolute Gasteiger partial charge is 0.507 e. The number of ketones is 3. The van der Waals surface area contributed by atoms with Gasteiger partial charge in [0.05, 0.1) is 23.8 Å². The van der Waals surface area contributed by atoms with Gasteiger partial charge in [-0.05, 0) is 6.07 Å². The van der Waals surface area contributed by atoms with Crippen molar-refractivity contribution in [2.24, 2.45) is 5.18 Å². The molecule has 2 aliphatic carbocycles. The predicted molar refractivity (Wildman–Crippen MR) is 104 cm³/mol. The summed E-state index contributed by atoms with van der Waals surface area (Å²) < 4.78 is 5.16. The second-order valence-corrected chi connectivity index (χ2v) is 7.50. The number of carbonyl (C=O) groups excluding carboxylic acids is 3. The Balaban J connectivity index is 2.03. The monoisotopic (exact) mass is 427 g/mol. The molecule has 2 aromatic rings. The molecule has 0 fully saturated rings. The molecule has 0 aliphatic heterocycles. The molecule has 0 radical (unpaired) electrons. The van der Waals surface area contributed by atoms with Crippen LogP contribution in [0.3, 0.4) is 0 Å². The number of ether oxygens (including phenoxy) is 1. The van der Waals surface area contributed by atoms with Gasteiger partial charge < -0.3 is 25.2 Å². The number of aromatic hydroxyl groups is 2. The van der Waals surface area contributed by atoms with Gasteiger partial charge in [0.2, 0.25) is 5.78 Å². The number of aliphatic hydroxyl groups is 2. The van der Waals surface area contributed by atoms with Crippen LogP contribution in [0.15, 0.2) is 23.4 Å². The summed E-state index contributed by atoms with van der Waals surface area (Å²) >= 11 is 0. The number of phenolic OH excluding ortho intramolecular Hbond substituents is 2. The maximum absolute atomic E-state index is 13.2. The number of aliphatic hydroxyl groups excluding tert-OH is 1. The van der Waals surface area contributed by atoms with Crippen molar-refractivity contribution in [1.82, 2.24) is 0 Å². The zero-order valence-corrected chi connectivity index (χ0v) is 16.2. The molecule has 0 heterocycles. The molecule has 0 aromatic heterocycles. The highest BCUT2D eigenvalue weighted by Crippen LogP contribution is 2.51. The van der Waals surface area contributed by atoms with E-state index in [-0.39, 0.29) is 28.0 Å². The van der Waals surface area contributed by atoms with Crippen LogP contribution in [0.1, 0.15) is 55.4 Å². The lowest BCUT2D eigenvalue weighted by molar-refractivity contribution is -0.142. The fourth-order valence-corrected chi connectivity index (χ4v) is 4.39. The summed E-state index contributed by atoms with van der Waals surface area (Å²) in [6, 6.07) is 2.79. The van der Waals surface area contributed by atoms with E-state index in [4.69, 9.17) is 9.84 Å². The molecular weight excluding hydrogens is 410 g/mol. The number of hydrogen-bond donors (Lipinski definition) is 4. The lowest BCUT2D eigenvalue weighted by Crippen LogP contribution is -2.46. The lowest BCUT2D eigenvalue weighted by atomic mass is 9.71. The van der Waals surface area contributed by atoms with E-state index in [1.807, 2.05) is 0 Å². The Labute approximate surface area is 174 Å². The predicted octanol–water partition coefficient (Wildman–Crippen LogP) is 0.928. The van der Waals surface area contributed by atoms with Gasteiger partial charge in [-0.15, -0.1) is 0 Å². The van der Waals surface area contributed by atoms with Gasteiger partial charge in [0.25, 0.3) is 0 Å². The summed E-state index contributed by atoms with van der Waals surface area (Å²) in [5.74, 6) is -3.98. The molecule has 4 rings (SSSR count). The number of phenols is 2. The number of benzene rings is 2. The minimum atomic E-state index is -2.25. The molecule has 0 amide bonds. The highest BCUT2D eigenvalue weighted by atomic mass is 16.5. The summed E-state index contributed by atoms with van der Waals surface area (Å²) in [7, 11) is 1.30. The quantitative estimate of drug-likeness (QED) is 0.349. The van der Waals surface area contributed by atoms with Crippen molar-refractivity contribution in [1.29, 1.82) is 0 Å². The maximum atomic E-state index is 13.2. The van der Waals surface area contributed by atoms with Gasteiger partial charge in [-0.3, -0.25) is 14.4 Å². The Morgan fingerprint density at radius 3 is 2.45 bits per heavy atom. The maximum Gasteiger partial charge on any atom is 0.202 e. The van der Waals surface area contributed by atoms with Gasteiger partial charge in [0.1, 0.15) is 35.5 Å². The van der Waals surface area contributed by atoms with Crippen molar-refractivity contribution in [3.8, 4) is 17.2 Å². The van der Waals surface area contributed by atoms with Gasteiger partial charge in [0, 0.05) is 29.5 Å². The summed E-state index contributed by atoms with van der Waals surface area (Å²) in [6.45, 7) is -1.03. The highest BCUT2D eigenvalue weighted by molar-refractivity contribution is 6.31. The third kappa shape index (κ3) is 2.69. The number of Topliss-reactive ketones (excluding diaryl/α,β-unsaturated/α-hetero) is 1. The smallest absolute Gasteiger partial charge is 0.202 e. The van der Waals surface area contributed by atoms with E-state index in [0.29, 0.717) is 0 Å². The lowest BCUT2D eigenvalue weighted by Gasteiger charge is -2.36. The van der Waals surface area contributed by atoms with Crippen LogP contribution in [-0.2, 0) is 11.2 Å². The molecular formula is C21H17NO9. The van der Waals surface area contributed by atoms with Gasteiger partial charge in [0.15, 0.2) is 11.6 Å². The first-order valence-electron chi connectivity index (χ1n) is 9.26. The standard InChI is InChI=1S/C21H17NO9/c1-31-11-4-2-3-8-14(11)20(28)16-15(17(8)25)18(26)9-5-21(29,12(24)7-23)6-10(22-30)13(9)19(16)27/h2-4,10,23,26-27,29H,5-7H2,1H3/t10-,21-/m0/s1. The second-order valence-electron chi connectivity index (χ2n) is 7.50. The third-order valence-corrected chi connectivity index (χ3v) is 5.89. The van der Waals surface area contributed by atoms with E-state index in [0.717, 1.165) is 0 Å². The highest BCUT2D eigenvalue weighted by Gasteiger charge is 2.49. The minimum Gasteiger partial charge on any atom is -0.507 e. The molecule has 0 saturated carbocycles. The molecule has 0 spiro atoms. The Morgan fingerprint density at radius 2 is 1.84 bits per heavy atom. The van der Waals surface area contributed by atoms with E-state index < -0.39 is 71.1 Å². The van der Waals surface area contributed by atoms with Crippen molar-refractivity contribution in [2.75, 3.05) is 13.7 Å². The molecule has 2 aromatic carbocycles. The Kier molecular flexibility index (Phi) is 4.64. The SMILES string of the molecule is COc1cccc2c1C(=O)c1c(O)c3c(c(O)c1C2=O)C[C@@](O)(C(=O)CO)C[C@@H]3N=O. The van der Waals surface area contributed by atoms with Crippen LogP contribution in [0, 0.1) is 4.91 Å². The van der Waals surface area contributed by atoms with E-state index in [9.17, 15) is 34.6 Å². The summed E-state index contributed by atoms with van der Waals surface area (Å²) in [5, 5.41) is 44.5. The van der Waals surface area contributed by atoms with Crippen LogP contribution >= 0.6 is 0 Å². The molecule has 31 heavy (non-hydrogen) atoms. The number of rotatable bonds is 4. The molecule has 0 unspecified atom stereocenters. The number of fused-ring (bicyclic) bond motifs is 3. The molecule has 160 valence electrons. The summed E-state index contributed by atoms with van der Waals surface area (Å²) in [5.41, 5.74) is -3.94. The average Bonchev–Trinajstić information content (AvgIpc) is 2.77. The second kappa shape index (κ2) is 6.96. The Bertz CT molecular complexity index is 1190. The number of nitroso groups, excluding NO2 is 1.